The van der Waals surface area contributed by atoms with Crippen molar-refractivity contribution in [2.75, 3.05) is 13.3 Å². The molecule has 0 bridgehead atoms. The summed E-state index contributed by atoms with van der Waals surface area (Å²) in [7, 11) is 0. The molecule has 0 aliphatic carbocycles. The summed E-state index contributed by atoms with van der Waals surface area (Å²) in [6, 6.07) is 0. The minimum absolute atomic E-state index is 0.295. The number of hydrazone groups is 1. The van der Waals surface area contributed by atoms with Gasteiger partial charge in [0.1, 0.15) is 17.8 Å². The summed E-state index contributed by atoms with van der Waals surface area (Å²) in [5.74, 6) is 0. The Hall–Kier alpha value is -0.770. The first-order valence-corrected chi connectivity index (χ1v) is 5.43. The van der Waals surface area contributed by atoms with Crippen molar-refractivity contribution in [3.63, 3.8) is 0 Å². The van der Waals surface area contributed by atoms with Crippen LogP contribution in [0.15, 0.2) is 5.10 Å². The lowest BCUT2D eigenvalue weighted by molar-refractivity contribution is -0.138. The highest BCUT2D eigenvalue weighted by molar-refractivity contribution is 5.63. The van der Waals surface area contributed by atoms with E-state index in [1.54, 1.807) is 0 Å². The van der Waals surface area contributed by atoms with Crippen molar-refractivity contribution >= 4 is 6.21 Å². The first-order chi connectivity index (χ1) is 7.96. The Kier molecular flexibility index (Phi) is 3.34. The molecule has 17 heavy (non-hydrogen) atoms. The van der Waals surface area contributed by atoms with E-state index in [4.69, 9.17) is 15.6 Å². The predicted octanol–water partition coefficient (Wildman–Crippen LogP) is -3.05. The van der Waals surface area contributed by atoms with Gasteiger partial charge in [0.25, 0.3) is 0 Å². The molecule has 0 aromatic carbocycles. The van der Waals surface area contributed by atoms with Crippen LogP contribution in [0.25, 0.3) is 0 Å². The van der Waals surface area contributed by atoms with E-state index in [2.05, 4.69) is 10.4 Å². The molecular formula is C9H18N4O4. The van der Waals surface area contributed by atoms with Crippen molar-refractivity contribution in [3.05, 3.63) is 0 Å². The second-order valence-electron chi connectivity index (χ2n) is 4.47. The van der Waals surface area contributed by atoms with Gasteiger partial charge in [-0.2, -0.15) is 5.10 Å². The molecule has 0 amide bonds. The van der Waals surface area contributed by atoms with Crippen LogP contribution < -0.4 is 11.1 Å². The van der Waals surface area contributed by atoms with Gasteiger partial charge >= 0.3 is 0 Å². The number of nitrogens with two attached hydrogens (primary N) is 1. The summed E-state index contributed by atoms with van der Waals surface area (Å²) in [6.45, 7) is 1.38. The fourth-order valence-electron chi connectivity index (χ4n) is 2.01. The van der Waals surface area contributed by atoms with Crippen LogP contribution in [0.2, 0.25) is 0 Å². The second-order valence-corrected chi connectivity index (χ2v) is 4.47. The molecule has 0 aromatic rings. The molecule has 0 radical (unpaired) electrons. The number of ether oxygens (including phenoxy) is 1. The summed E-state index contributed by atoms with van der Waals surface area (Å²) in [5, 5.41) is 37.4. The van der Waals surface area contributed by atoms with E-state index in [1.807, 2.05) is 0 Å². The molecule has 0 spiro atoms. The zero-order valence-electron chi connectivity index (χ0n) is 9.52. The van der Waals surface area contributed by atoms with Crippen molar-refractivity contribution in [3.8, 4) is 0 Å². The third-order valence-electron chi connectivity index (χ3n) is 3.07. The molecule has 98 valence electrons. The highest BCUT2D eigenvalue weighted by atomic mass is 16.6. The van der Waals surface area contributed by atoms with E-state index >= 15 is 0 Å². The molecule has 2 aliphatic rings. The highest BCUT2D eigenvalue weighted by Gasteiger charge is 2.54. The molecular weight excluding hydrogens is 228 g/mol. The SMILES string of the molecule is CC1(O)C(O)C(CO)OC1N1CNC(N)C=N1. The van der Waals surface area contributed by atoms with Gasteiger partial charge in [0.05, 0.1) is 25.7 Å². The second kappa shape index (κ2) is 4.48. The first kappa shape index (κ1) is 12.7. The number of hydrogen-bond donors (Lipinski definition) is 5. The fourth-order valence-corrected chi connectivity index (χ4v) is 2.01. The molecule has 0 saturated carbocycles. The molecule has 8 nitrogen and oxygen atoms in total. The van der Waals surface area contributed by atoms with Crippen molar-refractivity contribution in [2.24, 2.45) is 10.8 Å². The van der Waals surface area contributed by atoms with E-state index in [0.29, 0.717) is 6.67 Å². The van der Waals surface area contributed by atoms with Crippen LogP contribution >= 0.6 is 0 Å². The van der Waals surface area contributed by atoms with E-state index in [9.17, 15) is 10.2 Å². The number of aliphatic hydroxyl groups excluding tert-OH is 2. The number of aliphatic hydroxyl groups is 3. The third-order valence-corrected chi connectivity index (χ3v) is 3.07. The van der Waals surface area contributed by atoms with Crippen LogP contribution in [0.3, 0.4) is 0 Å². The Morgan fingerprint density at radius 3 is 2.88 bits per heavy atom. The van der Waals surface area contributed by atoms with Crippen LogP contribution in [0.4, 0.5) is 0 Å². The van der Waals surface area contributed by atoms with Crippen LogP contribution in [0.5, 0.6) is 0 Å². The number of rotatable bonds is 2. The van der Waals surface area contributed by atoms with Crippen LogP contribution in [-0.4, -0.2) is 70.0 Å². The molecule has 1 saturated heterocycles. The van der Waals surface area contributed by atoms with E-state index in [0.717, 1.165) is 0 Å². The zero-order chi connectivity index (χ0) is 12.6. The molecule has 5 atom stereocenters. The number of nitrogens with one attached hydrogen (secondary N) is 1. The van der Waals surface area contributed by atoms with Crippen molar-refractivity contribution < 1.29 is 20.1 Å². The molecule has 2 rings (SSSR count). The smallest absolute Gasteiger partial charge is 0.178 e. The maximum Gasteiger partial charge on any atom is 0.178 e. The van der Waals surface area contributed by atoms with Gasteiger partial charge in [-0.1, -0.05) is 0 Å². The van der Waals surface area contributed by atoms with Crippen LogP contribution in [-0.2, 0) is 4.74 Å². The molecule has 5 unspecified atom stereocenters. The van der Waals surface area contributed by atoms with Gasteiger partial charge in [0, 0.05) is 0 Å². The third kappa shape index (κ3) is 2.15. The summed E-state index contributed by atoms with van der Waals surface area (Å²) < 4.78 is 5.39. The monoisotopic (exact) mass is 246 g/mol. The fraction of sp³-hybridized carbons (Fsp3) is 0.889. The van der Waals surface area contributed by atoms with Crippen molar-refractivity contribution in [2.45, 2.75) is 37.1 Å². The van der Waals surface area contributed by atoms with Gasteiger partial charge in [-0.3, -0.25) is 10.3 Å². The average molecular weight is 246 g/mol. The molecule has 8 heteroatoms. The lowest BCUT2D eigenvalue weighted by Gasteiger charge is -2.36. The predicted molar refractivity (Wildman–Crippen MR) is 58.7 cm³/mol. The lowest BCUT2D eigenvalue weighted by atomic mass is 9.96. The van der Waals surface area contributed by atoms with Gasteiger partial charge in [-0.25, -0.2) is 0 Å². The largest absolute Gasteiger partial charge is 0.394 e. The van der Waals surface area contributed by atoms with Gasteiger partial charge in [0.2, 0.25) is 0 Å². The van der Waals surface area contributed by atoms with E-state index in [-0.39, 0.29) is 12.8 Å². The summed E-state index contributed by atoms with van der Waals surface area (Å²) >= 11 is 0. The maximum absolute atomic E-state index is 10.2. The Labute approximate surface area is 98.7 Å². The Bertz CT molecular complexity index is 311. The molecule has 2 aliphatic heterocycles. The lowest BCUT2D eigenvalue weighted by Crippen LogP contribution is -2.57. The Morgan fingerprint density at radius 1 is 1.71 bits per heavy atom. The first-order valence-electron chi connectivity index (χ1n) is 5.43. The van der Waals surface area contributed by atoms with Crippen molar-refractivity contribution in [1.82, 2.24) is 10.3 Å². The zero-order valence-corrected chi connectivity index (χ0v) is 9.52. The van der Waals surface area contributed by atoms with E-state index in [1.165, 1.54) is 18.1 Å². The van der Waals surface area contributed by atoms with E-state index < -0.39 is 24.0 Å². The normalized spacial score (nSPS) is 46.5. The van der Waals surface area contributed by atoms with Gasteiger partial charge in [-0.05, 0) is 6.92 Å². The minimum atomic E-state index is -1.51. The van der Waals surface area contributed by atoms with Gasteiger partial charge in [-0.15, -0.1) is 0 Å². The molecule has 1 fully saturated rings. The highest BCUT2D eigenvalue weighted by Crippen LogP contribution is 2.33. The number of hydrogen-bond acceptors (Lipinski definition) is 8. The molecule has 0 aromatic heterocycles. The summed E-state index contributed by atoms with van der Waals surface area (Å²) in [6.07, 6.45) is -1.67. The minimum Gasteiger partial charge on any atom is -0.394 e. The molecule has 2 heterocycles. The molecule has 6 N–H and O–H groups in total. The quantitative estimate of drug-likeness (QED) is 0.350. The maximum atomic E-state index is 10.2. The topological polar surface area (TPSA) is 124 Å². The number of nitrogens with zero attached hydrogens (tertiary/aromatic N) is 2. The Balaban J connectivity index is 2.13. The van der Waals surface area contributed by atoms with Crippen molar-refractivity contribution in [1.29, 1.82) is 0 Å². The van der Waals surface area contributed by atoms with Crippen LogP contribution in [0.1, 0.15) is 6.92 Å². The standard InChI is InChI=1S/C9H18N4O4/c1-9(16)7(15)5(3-14)17-8(9)13-4-11-6(10)2-12-13/h2,5-8,11,14-16H,3-4,10H2,1H3. The van der Waals surface area contributed by atoms with Gasteiger partial charge < -0.3 is 25.8 Å². The van der Waals surface area contributed by atoms with Crippen LogP contribution in [0, 0.1) is 0 Å². The van der Waals surface area contributed by atoms with Gasteiger partial charge in [0.15, 0.2) is 6.23 Å². The Morgan fingerprint density at radius 2 is 2.41 bits per heavy atom. The average Bonchev–Trinajstić information content (AvgIpc) is 2.53. The summed E-state index contributed by atoms with van der Waals surface area (Å²) in [5.41, 5.74) is 4.06. The summed E-state index contributed by atoms with van der Waals surface area (Å²) in [4.78, 5) is 0.